The standard InChI is InChI=1S/C14H11BrCl2N2OS/c15-9-3-1-8(2-4-9)5-10-7-18-13(21-10)19-12(20)11-6-14(11,16)17/h1-4,7,11H,5-6H2,(H,18,19,20). The number of hydrogen-bond donors (Lipinski definition) is 1. The van der Waals surface area contributed by atoms with Crippen molar-refractivity contribution < 1.29 is 4.79 Å². The van der Waals surface area contributed by atoms with Gasteiger partial charge in [-0.3, -0.25) is 4.79 Å². The maximum atomic E-state index is 11.9. The monoisotopic (exact) mass is 404 g/mol. The maximum Gasteiger partial charge on any atom is 0.232 e. The Morgan fingerprint density at radius 3 is 2.71 bits per heavy atom. The molecule has 0 saturated heterocycles. The van der Waals surface area contributed by atoms with Crippen LogP contribution in [0.1, 0.15) is 16.9 Å². The van der Waals surface area contributed by atoms with Gasteiger partial charge in [-0.05, 0) is 24.1 Å². The Morgan fingerprint density at radius 2 is 2.10 bits per heavy atom. The first-order valence-electron chi connectivity index (χ1n) is 6.32. The Hall–Kier alpha value is -0.620. The van der Waals surface area contributed by atoms with Gasteiger partial charge in [-0.1, -0.05) is 28.1 Å². The van der Waals surface area contributed by atoms with Crippen LogP contribution < -0.4 is 5.32 Å². The van der Waals surface area contributed by atoms with Crippen LogP contribution in [0, 0.1) is 5.92 Å². The summed E-state index contributed by atoms with van der Waals surface area (Å²) in [5.41, 5.74) is 1.20. The van der Waals surface area contributed by atoms with Gasteiger partial charge >= 0.3 is 0 Å². The third-order valence-electron chi connectivity index (χ3n) is 3.22. The molecular weight excluding hydrogens is 395 g/mol. The largest absolute Gasteiger partial charge is 0.302 e. The average molecular weight is 406 g/mol. The fraction of sp³-hybridized carbons (Fsp3) is 0.286. The van der Waals surface area contributed by atoms with Crippen molar-refractivity contribution in [2.45, 2.75) is 17.2 Å². The summed E-state index contributed by atoms with van der Waals surface area (Å²) in [7, 11) is 0. The second-order valence-electron chi connectivity index (χ2n) is 4.94. The van der Waals surface area contributed by atoms with Gasteiger partial charge in [-0.2, -0.15) is 0 Å². The third-order valence-corrected chi connectivity index (χ3v) is 5.49. The molecule has 110 valence electrons. The zero-order valence-corrected chi connectivity index (χ0v) is 14.7. The Labute approximate surface area is 144 Å². The number of carbonyl (C=O) groups excluding carboxylic acids is 1. The van der Waals surface area contributed by atoms with Crippen molar-refractivity contribution in [3.8, 4) is 0 Å². The summed E-state index contributed by atoms with van der Waals surface area (Å²) in [4.78, 5) is 17.2. The number of thiazole rings is 1. The quantitative estimate of drug-likeness (QED) is 0.753. The molecule has 1 aromatic heterocycles. The minimum Gasteiger partial charge on any atom is -0.302 e. The summed E-state index contributed by atoms with van der Waals surface area (Å²) in [6.07, 6.45) is 3.07. The summed E-state index contributed by atoms with van der Waals surface area (Å²) in [5, 5.41) is 3.35. The zero-order chi connectivity index (χ0) is 15.0. The molecule has 1 aliphatic rings. The van der Waals surface area contributed by atoms with Crippen LogP contribution in [0.4, 0.5) is 5.13 Å². The van der Waals surface area contributed by atoms with Gasteiger partial charge in [-0.25, -0.2) is 4.98 Å². The van der Waals surface area contributed by atoms with Crippen LogP contribution >= 0.6 is 50.5 Å². The Bertz CT molecular complexity index is 672. The van der Waals surface area contributed by atoms with Crippen LogP contribution in [0.25, 0.3) is 0 Å². The summed E-state index contributed by atoms with van der Waals surface area (Å²) >= 11 is 16.6. The first kappa shape index (κ1) is 15.3. The minimum atomic E-state index is -0.901. The first-order valence-corrected chi connectivity index (χ1v) is 8.68. The van der Waals surface area contributed by atoms with E-state index in [1.807, 2.05) is 12.1 Å². The molecule has 1 unspecified atom stereocenters. The van der Waals surface area contributed by atoms with E-state index < -0.39 is 4.33 Å². The molecule has 0 radical (unpaired) electrons. The summed E-state index contributed by atoms with van der Waals surface area (Å²) < 4.78 is 0.153. The number of rotatable bonds is 4. The van der Waals surface area contributed by atoms with E-state index in [-0.39, 0.29) is 11.8 Å². The van der Waals surface area contributed by atoms with Gasteiger partial charge in [-0.15, -0.1) is 34.5 Å². The van der Waals surface area contributed by atoms with Crippen LogP contribution in [-0.2, 0) is 11.2 Å². The Kier molecular flexibility index (Phi) is 4.28. The molecule has 1 saturated carbocycles. The Morgan fingerprint density at radius 1 is 1.43 bits per heavy atom. The SMILES string of the molecule is O=C(Nc1ncc(Cc2ccc(Br)cc2)s1)C1CC1(Cl)Cl. The van der Waals surface area contributed by atoms with Gasteiger partial charge in [0.15, 0.2) is 5.13 Å². The van der Waals surface area contributed by atoms with Crippen molar-refractivity contribution >= 4 is 61.5 Å². The van der Waals surface area contributed by atoms with Gasteiger partial charge in [0.25, 0.3) is 0 Å². The van der Waals surface area contributed by atoms with Gasteiger partial charge in [0.1, 0.15) is 4.33 Å². The normalized spacial score (nSPS) is 19.3. The molecule has 0 bridgehead atoms. The van der Waals surface area contributed by atoms with Gasteiger partial charge < -0.3 is 5.32 Å². The lowest BCUT2D eigenvalue weighted by Gasteiger charge is -2.00. The average Bonchev–Trinajstić information content (AvgIpc) is 2.86. The molecule has 21 heavy (non-hydrogen) atoms. The van der Waals surface area contributed by atoms with Crippen LogP contribution in [0.15, 0.2) is 34.9 Å². The molecule has 0 aliphatic heterocycles. The summed E-state index contributed by atoms with van der Waals surface area (Å²) in [6, 6.07) is 8.13. The number of carbonyl (C=O) groups is 1. The smallest absolute Gasteiger partial charge is 0.232 e. The fourth-order valence-electron chi connectivity index (χ4n) is 1.94. The number of amides is 1. The van der Waals surface area contributed by atoms with Crippen molar-refractivity contribution in [2.75, 3.05) is 5.32 Å². The van der Waals surface area contributed by atoms with Crippen molar-refractivity contribution in [3.63, 3.8) is 0 Å². The van der Waals surface area contributed by atoms with Crippen molar-refractivity contribution in [3.05, 3.63) is 45.4 Å². The van der Waals surface area contributed by atoms with E-state index in [2.05, 4.69) is 38.4 Å². The van der Waals surface area contributed by atoms with Crippen LogP contribution in [0.5, 0.6) is 0 Å². The molecule has 1 heterocycles. The predicted molar refractivity (Wildman–Crippen MR) is 90.2 cm³/mol. The lowest BCUT2D eigenvalue weighted by atomic mass is 10.1. The molecular formula is C14H11BrCl2N2OS. The third kappa shape index (κ3) is 3.77. The topological polar surface area (TPSA) is 42.0 Å². The second kappa shape index (κ2) is 5.88. The lowest BCUT2D eigenvalue weighted by molar-refractivity contribution is -0.117. The molecule has 1 atom stereocenters. The van der Waals surface area contributed by atoms with E-state index in [4.69, 9.17) is 23.2 Å². The molecule has 3 nitrogen and oxygen atoms in total. The van der Waals surface area contributed by atoms with Gasteiger partial charge in [0, 0.05) is 22.0 Å². The first-order chi connectivity index (χ1) is 9.94. The van der Waals surface area contributed by atoms with E-state index in [9.17, 15) is 4.79 Å². The lowest BCUT2D eigenvalue weighted by Crippen LogP contribution is -2.16. The van der Waals surface area contributed by atoms with Crippen molar-refractivity contribution in [1.82, 2.24) is 4.98 Å². The van der Waals surface area contributed by atoms with Gasteiger partial charge in [0.05, 0.1) is 5.92 Å². The number of alkyl halides is 2. The highest BCUT2D eigenvalue weighted by atomic mass is 79.9. The number of anilines is 1. The molecule has 1 aliphatic carbocycles. The van der Waals surface area contributed by atoms with E-state index >= 15 is 0 Å². The van der Waals surface area contributed by atoms with Crippen LogP contribution in [0.3, 0.4) is 0 Å². The highest BCUT2D eigenvalue weighted by Gasteiger charge is 2.56. The van der Waals surface area contributed by atoms with Crippen LogP contribution in [-0.4, -0.2) is 15.2 Å². The number of benzene rings is 1. The summed E-state index contributed by atoms with van der Waals surface area (Å²) in [5.74, 6) is -0.496. The van der Waals surface area contributed by atoms with Crippen molar-refractivity contribution in [2.24, 2.45) is 5.92 Å². The number of hydrogen-bond acceptors (Lipinski definition) is 3. The summed E-state index contributed by atoms with van der Waals surface area (Å²) in [6.45, 7) is 0. The van der Waals surface area contributed by atoms with E-state index in [1.165, 1.54) is 16.9 Å². The molecule has 1 amide bonds. The molecule has 1 N–H and O–H groups in total. The highest BCUT2D eigenvalue weighted by Crippen LogP contribution is 2.53. The minimum absolute atomic E-state index is 0.162. The van der Waals surface area contributed by atoms with E-state index in [0.717, 1.165) is 15.8 Å². The molecule has 1 aromatic carbocycles. The molecule has 0 spiro atoms. The highest BCUT2D eigenvalue weighted by molar-refractivity contribution is 9.10. The van der Waals surface area contributed by atoms with Crippen molar-refractivity contribution in [1.29, 1.82) is 0 Å². The number of aromatic nitrogens is 1. The van der Waals surface area contributed by atoms with E-state index in [0.29, 0.717) is 11.6 Å². The van der Waals surface area contributed by atoms with E-state index in [1.54, 1.807) is 6.20 Å². The molecule has 2 aromatic rings. The fourth-order valence-corrected chi connectivity index (χ4v) is 3.56. The molecule has 1 fully saturated rings. The van der Waals surface area contributed by atoms with Gasteiger partial charge in [0.2, 0.25) is 5.91 Å². The molecule has 3 rings (SSSR count). The number of nitrogens with zero attached hydrogens (tertiary/aromatic N) is 1. The zero-order valence-electron chi connectivity index (χ0n) is 10.8. The molecule has 7 heteroatoms. The number of halogens is 3. The second-order valence-corrected chi connectivity index (χ2v) is 8.52. The maximum absolute atomic E-state index is 11.9. The predicted octanol–water partition coefficient (Wildman–Crippen LogP) is 4.63. The Balaban J connectivity index is 1.61. The van der Waals surface area contributed by atoms with Crippen LogP contribution in [0.2, 0.25) is 0 Å². The number of nitrogens with one attached hydrogen (secondary N) is 1.